The summed E-state index contributed by atoms with van der Waals surface area (Å²) in [5.41, 5.74) is 2.25. The van der Waals surface area contributed by atoms with Crippen LogP contribution in [0, 0.1) is 0 Å². The Kier molecular flexibility index (Phi) is 2.79. The Hall–Kier alpha value is -0.940. The summed E-state index contributed by atoms with van der Waals surface area (Å²) < 4.78 is 0. The highest BCUT2D eigenvalue weighted by molar-refractivity contribution is 7.11. The maximum atomic E-state index is 10.8. The molecule has 0 atom stereocenters. The van der Waals surface area contributed by atoms with Crippen LogP contribution >= 0.6 is 11.3 Å². The van der Waals surface area contributed by atoms with Crippen LogP contribution in [-0.4, -0.2) is 22.1 Å². The van der Waals surface area contributed by atoms with Gasteiger partial charge in [-0.25, -0.2) is 9.78 Å². The normalized spacial score (nSPS) is 16.6. The van der Waals surface area contributed by atoms with Crippen molar-refractivity contribution in [3.05, 3.63) is 16.1 Å². The number of rotatable bonds is 4. The van der Waals surface area contributed by atoms with Crippen LogP contribution < -0.4 is 5.32 Å². The van der Waals surface area contributed by atoms with E-state index in [2.05, 4.69) is 10.3 Å². The number of aromatic carboxylic acids is 1. The van der Waals surface area contributed by atoms with Gasteiger partial charge in [0.05, 0.1) is 11.2 Å². The molecule has 14 heavy (non-hydrogen) atoms. The Morgan fingerprint density at radius 1 is 1.71 bits per heavy atom. The van der Waals surface area contributed by atoms with Gasteiger partial charge in [-0.05, 0) is 12.8 Å². The summed E-state index contributed by atoms with van der Waals surface area (Å²) in [6.45, 7) is 0.579. The van der Waals surface area contributed by atoms with Crippen LogP contribution in [-0.2, 0) is 6.54 Å². The lowest BCUT2D eigenvalue weighted by molar-refractivity contribution is 0.0700. The number of hydrogen-bond donors (Lipinski definition) is 2. The van der Waals surface area contributed by atoms with E-state index < -0.39 is 5.97 Å². The van der Waals surface area contributed by atoms with Crippen molar-refractivity contribution in [2.24, 2.45) is 0 Å². The van der Waals surface area contributed by atoms with Crippen LogP contribution in [0.1, 0.15) is 34.6 Å². The second-order valence-corrected chi connectivity index (χ2v) is 4.30. The molecular weight excluding hydrogens is 200 g/mol. The summed E-state index contributed by atoms with van der Waals surface area (Å²) >= 11 is 1.18. The van der Waals surface area contributed by atoms with Gasteiger partial charge >= 0.3 is 5.97 Å². The summed E-state index contributed by atoms with van der Waals surface area (Å²) in [5, 5.41) is 12.1. The van der Waals surface area contributed by atoms with E-state index in [0.717, 1.165) is 0 Å². The molecule has 76 valence electrons. The summed E-state index contributed by atoms with van der Waals surface area (Å²) in [6, 6.07) is 0.568. The Morgan fingerprint density at radius 2 is 2.50 bits per heavy atom. The third-order valence-electron chi connectivity index (χ3n) is 2.50. The molecule has 0 amide bonds. The van der Waals surface area contributed by atoms with E-state index in [0.29, 0.717) is 23.2 Å². The monoisotopic (exact) mass is 212 g/mol. The standard InChI is InChI=1S/C9H12N2O2S/c12-9(13)8-7(11-5-14-8)4-10-6-2-1-3-6/h5-6,10H,1-4H2,(H,12,13). The maximum Gasteiger partial charge on any atom is 0.347 e. The second kappa shape index (κ2) is 4.06. The minimum Gasteiger partial charge on any atom is -0.477 e. The average Bonchev–Trinajstić information content (AvgIpc) is 2.49. The number of carboxylic acid groups (broad SMARTS) is 1. The molecule has 5 heteroatoms. The number of thiazole rings is 1. The number of carboxylic acids is 1. The molecule has 1 aliphatic rings. The van der Waals surface area contributed by atoms with Crippen molar-refractivity contribution >= 4 is 17.3 Å². The van der Waals surface area contributed by atoms with Crippen molar-refractivity contribution in [2.75, 3.05) is 0 Å². The molecule has 1 heterocycles. The lowest BCUT2D eigenvalue weighted by atomic mass is 9.93. The molecule has 0 saturated heterocycles. The molecule has 0 aromatic carbocycles. The van der Waals surface area contributed by atoms with Crippen molar-refractivity contribution in [1.29, 1.82) is 0 Å². The highest BCUT2D eigenvalue weighted by Crippen LogP contribution is 2.19. The van der Waals surface area contributed by atoms with Gasteiger partial charge in [-0.3, -0.25) is 0 Å². The number of carbonyl (C=O) groups is 1. The zero-order valence-electron chi connectivity index (χ0n) is 7.69. The topological polar surface area (TPSA) is 62.2 Å². The van der Waals surface area contributed by atoms with Gasteiger partial charge in [0.15, 0.2) is 0 Å². The van der Waals surface area contributed by atoms with Gasteiger partial charge < -0.3 is 10.4 Å². The van der Waals surface area contributed by atoms with Gasteiger partial charge in [0, 0.05) is 12.6 Å². The molecule has 0 aliphatic heterocycles. The molecule has 0 spiro atoms. The number of aromatic nitrogens is 1. The fourth-order valence-corrected chi connectivity index (χ4v) is 2.07. The number of hydrogen-bond acceptors (Lipinski definition) is 4. The largest absolute Gasteiger partial charge is 0.477 e. The van der Waals surface area contributed by atoms with Gasteiger partial charge in [0.1, 0.15) is 4.88 Å². The minimum atomic E-state index is -0.877. The first-order valence-electron chi connectivity index (χ1n) is 4.66. The predicted molar refractivity (Wildman–Crippen MR) is 53.6 cm³/mol. The molecule has 0 radical (unpaired) electrons. The fraction of sp³-hybridized carbons (Fsp3) is 0.556. The molecule has 1 aromatic heterocycles. The predicted octanol–water partition coefficient (Wildman–Crippen LogP) is 1.48. The van der Waals surface area contributed by atoms with Crippen molar-refractivity contribution in [3.63, 3.8) is 0 Å². The van der Waals surface area contributed by atoms with Crippen LogP contribution in [0.5, 0.6) is 0 Å². The Bertz CT molecular complexity index is 333. The molecular formula is C9H12N2O2S. The lowest BCUT2D eigenvalue weighted by Gasteiger charge is -2.26. The van der Waals surface area contributed by atoms with Gasteiger partial charge in [-0.1, -0.05) is 6.42 Å². The van der Waals surface area contributed by atoms with E-state index in [-0.39, 0.29) is 0 Å². The SMILES string of the molecule is O=C(O)c1scnc1CNC1CCC1. The zero-order valence-corrected chi connectivity index (χ0v) is 8.51. The van der Waals surface area contributed by atoms with Gasteiger partial charge in [0.25, 0.3) is 0 Å². The molecule has 4 nitrogen and oxygen atoms in total. The molecule has 0 bridgehead atoms. The Morgan fingerprint density at radius 3 is 3.07 bits per heavy atom. The van der Waals surface area contributed by atoms with Crippen molar-refractivity contribution < 1.29 is 9.90 Å². The minimum absolute atomic E-state index is 0.358. The first-order valence-corrected chi connectivity index (χ1v) is 5.54. The highest BCUT2D eigenvalue weighted by Gasteiger charge is 2.19. The third-order valence-corrected chi connectivity index (χ3v) is 3.36. The molecule has 1 aliphatic carbocycles. The van der Waals surface area contributed by atoms with E-state index in [1.807, 2.05) is 0 Å². The van der Waals surface area contributed by atoms with Crippen LogP contribution in [0.4, 0.5) is 0 Å². The zero-order chi connectivity index (χ0) is 9.97. The molecule has 1 aromatic rings. The van der Waals surface area contributed by atoms with Crippen molar-refractivity contribution in [2.45, 2.75) is 31.8 Å². The van der Waals surface area contributed by atoms with E-state index in [4.69, 9.17) is 5.11 Å². The first-order chi connectivity index (χ1) is 6.77. The molecule has 2 rings (SSSR count). The number of nitrogens with zero attached hydrogens (tertiary/aromatic N) is 1. The van der Waals surface area contributed by atoms with E-state index >= 15 is 0 Å². The fourth-order valence-electron chi connectivity index (χ4n) is 1.42. The Balaban J connectivity index is 1.94. The second-order valence-electron chi connectivity index (χ2n) is 3.44. The summed E-state index contributed by atoms with van der Waals surface area (Å²) in [6.07, 6.45) is 3.68. The van der Waals surface area contributed by atoms with Crippen LogP contribution in [0.3, 0.4) is 0 Å². The third kappa shape index (κ3) is 1.93. The smallest absolute Gasteiger partial charge is 0.347 e. The van der Waals surface area contributed by atoms with Crippen LogP contribution in [0.25, 0.3) is 0 Å². The van der Waals surface area contributed by atoms with E-state index in [1.54, 1.807) is 5.51 Å². The lowest BCUT2D eigenvalue weighted by Crippen LogP contribution is -2.34. The van der Waals surface area contributed by atoms with E-state index in [1.165, 1.54) is 30.6 Å². The molecule has 2 N–H and O–H groups in total. The number of nitrogens with one attached hydrogen (secondary N) is 1. The first kappa shape index (κ1) is 9.61. The highest BCUT2D eigenvalue weighted by atomic mass is 32.1. The van der Waals surface area contributed by atoms with Gasteiger partial charge in [-0.2, -0.15) is 0 Å². The molecule has 0 unspecified atom stereocenters. The molecule has 1 fully saturated rings. The van der Waals surface area contributed by atoms with Gasteiger partial charge in [0.2, 0.25) is 0 Å². The van der Waals surface area contributed by atoms with Crippen molar-refractivity contribution in [1.82, 2.24) is 10.3 Å². The van der Waals surface area contributed by atoms with Crippen LogP contribution in [0.15, 0.2) is 5.51 Å². The van der Waals surface area contributed by atoms with E-state index in [9.17, 15) is 4.79 Å². The quantitative estimate of drug-likeness (QED) is 0.793. The maximum absolute atomic E-state index is 10.8. The Labute approximate surface area is 86.0 Å². The van der Waals surface area contributed by atoms with Crippen LogP contribution in [0.2, 0.25) is 0 Å². The average molecular weight is 212 g/mol. The summed E-state index contributed by atoms with van der Waals surface area (Å²) in [4.78, 5) is 15.2. The van der Waals surface area contributed by atoms with Crippen molar-refractivity contribution in [3.8, 4) is 0 Å². The summed E-state index contributed by atoms with van der Waals surface area (Å²) in [7, 11) is 0. The van der Waals surface area contributed by atoms with Gasteiger partial charge in [-0.15, -0.1) is 11.3 Å². The summed E-state index contributed by atoms with van der Waals surface area (Å²) in [5.74, 6) is -0.877. The molecule has 1 saturated carbocycles.